The molecule has 35 heavy (non-hydrogen) atoms. The zero-order valence-corrected chi connectivity index (χ0v) is 19.3. The first-order valence-corrected chi connectivity index (χ1v) is 10.8. The molecular formula is C27H22O8. The lowest BCUT2D eigenvalue weighted by atomic mass is 9.84. The number of methoxy groups -OCH3 is 3. The van der Waals surface area contributed by atoms with Gasteiger partial charge in [-0.15, -0.1) is 0 Å². The number of hydrogen-bond acceptors (Lipinski definition) is 8. The molecule has 0 amide bonds. The standard InChI is InChI=1S/C27H22O8/c1-31-18-7-5-4-6-14(18)10-22-25(29)16-8-9-19-24(27(16)35-22)17(13-23(28)34-19)15-11-20(32-2)26(30)21(12-15)33-3/h4-12,17,30H,13H2,1-3H3. The van der Waals surface area contributed by atoms with Crippen molar-refractivity contribution in [1.82, 2.24) is 0 Å². The molecule has 0 fully saturated rings. The number of Topliss-reactive ketones (excluding diaryl/α,β-unsaturated/α-hetero) is 1. The number of rotatable bonds is 5. The Kier molecular flexibility index (Phi) is 5.56. The molecule has 0 saturated carbocycles. The second-order valence-corrected chi connectivity index (χ2v) is 8.04. The van der Waals surface area contributed by atoms with Gasteiger partial charge in [-0.25, -0.2) is 0 Å². The zero-order chi connectivity index (χ0) is 24.7. The number of phenols is 1. The number of allylic oxidation sites excluding steroid dienone is 1. The van der Waals surface area contributed by atoms with Crippen LogP contribution in [-0.4, -0.2) is 38.2 Å². The summed E-state index contributed by atoms with van der Waals surface area (Å²) in [5.74, 6) is 0.376. The highest BCUT2D eigenvalue weighted by atomic mass is 16.5. The van der Waals surface area contributed by atoms with E-state index in [9.17, 15) is 14.7 Å². The van der Waals surface area contributed by atoms with Crippen molar-refractivity contribution in [2.24, 2.45) is 0 Å². The molecule has 1 N–H and O–H groups in total. The molecule has 2 aliphatic rings. The van der Waals surface area contributed by atoms with Crippen LogP contribution in [0, 0.1) is 0 Å². The van der Waals surface area contributed by atoms with E-state index in [2.05, 4.69) is 0 Å². The van der Waals surface area contributed by atoms with Crippen molar-refractivity contribution in [3.05, 3.63) is 76.5 Å². The molecule has 1 unspecified atom stereocenters. The maximum atomic E-state index is 13.2. The van der Waals surface area contributed by atoms with Crippen molar-refractivity contribution in [1.29, 1.82) is 0 Å². The van der Waals surface area contributed by atoms with E-state index >= 15 is 0 Å². The normalized spacial score (nSPS) is 17.3. The number of hydrogen-bond donors (Lipinski definition) is 1. The minimum absolute atomic E-state index is 0.00361. The summed E-state index contributed by atoms with van der Waals surface area (Å²) in [6.45, 7) is 0. The topological polar surface area (TPSA) is 101 Å². The van der Waals surface area contributed by atoms with Crippen LogP contribution in [0.5, 0.6) is 34.5 Å². The summed E-state index contributed by atoms with van der Waals surface area (Å²) in [5.41, 5.74) is 2.26. The first-order chi connectivity index (χ1) is 16.9. The van der Waals surface area contributed by atoms with Gasteiger partial charge in [0.2, 0.25) is 11.5 Å². The average molecular weight is 474 g/mol. The number of para-hydroxylation sites is 1. The first kappa shape index (κ1) is 22.3. The summed E-state index contributed by atoms with van der Waals surface area (Å²) in [4.78, 5) is 25.7. The summed E-state index contributed by atoms with van der Waals surface area (Å²) in [6, 6.07) is 13.7. The van der Waals surface area contributed by atoms with Crippen LogP contribution in [0.15, 0.2) is 54.3 Å². The molecule has 8 nitrogen and oxygen atoms in total. The van der Waals surface area contributed by atoms with Crippen molar-refractivity contribution in [2.75, 3.05) is 21.3 Å². The molecular weight excluding hydrogens is 452 g/mol. The lowest BCUT2D eigenvalue weighted by Crippen LogP contribution is -2.21. The van der Waals surface area contributed by atoms with E-state index in [0.717, 1.165) is 0 Å². The maximum absolute atomic E-state index is 13.2. The van der Waals surface area contributed by atoms with E-state index in [0.29, 0.717) is 39.5 Å². The molecule has 3 aromatic carbocycles. The van der Waals surface area contributed by atoms with Crippen molar-refractivity contribution in [2.45, 2.75) is 12.3 Å². The van der Waals surface area contributed by atoms with Crippen LogP contribution in [0.3, 0.4) is 0 Å². The number of ether oxygens (including phenoxy) is 5. The van der Waals surface area contributed by atoms with Crippen LogP contribution in [0.2, 0.25) is 0 Å². The smallest absolute Gasteiger partial charge is 0.312 e. The second-order valence-electron chi connectivity index (χ2n) is 8.04. The lowest BCUT2D eigenvalue weighted by molar-refractivity contribution is -0.135. The highest BCUT2D eigenvalue weighted by molar-refractivity contribution is 6.15. The first-order valence-electron chi connectivity index (χ1n) is 10.8. The Morgan fingerprint density at radius 2 is 1.60 bits per heavy atom. The molecule has 0 radical (unpaired) electrons. The Balaban J connectivity index is 1.64. The molecule has 1 atom stereocenters. The molecule has 0 aliphatic carbocycles. The van der Waals surface area contributed by atoms with E-state index in [1.165, 1.54) is 14.2 Å². The number of fused-ring (bicyclic) bond motifs is 3. The average Bonchev–Trinajstić information content (AvgIpc) is 3.18. The number of carbonyl (C=O) groups is 2. The highest BCUT2D eigenvalue weighted by Gasteiger charge is 2.39. The molecule has 0 bridgehead atoms. The maximum Gasteiger partial charge on any atom is 0.312 e. The number of esters is 1. The van der Waals surface area contributed by atoms with Crippen LogP contribution in [0.1, 0.15) is 39.4 Å². The largest absolute Gasteiger partial charge is 0.502 e. The Morgan fingerprint density at radius 3 is 2.29 bits per heavy atom. The predicted octanol–water partition coefficient (Wildman–Crippen LogP) is 4.48. The van der Waals surface area contributed by atoms with Crippen LogP contribution in [-0.2, 0) is 4.79 Å². The Bertz CT molecular complexity index is 1360. The third kappa shape index (κ3) is 3.73. The number of ketones is 1. The summed E-state index contributed by atoms with van der Waals surface area (Å²) in [7, 11) is 4.41. The molecule has 178 valence electrons. The summed E-state index contributed by atoms with van der Waals surface area (Å²) in [6.07, 6.45) is 1.63. The fourth-order valence-corrected chi connectivity index (χ4v) is 4.43. The third-order valence-corrected chi connectivity index (χ3v) is 6.11. The van der Waals surface area contributed by atoms with Gasteiger partial charge < -0.3 is 28.8 Å². The lowest BCUT2D eigenvalue weighted by Gasteiger charge is -2.27. The summed E-state index contributed by atoms with van der Waals surface area (Å²) in [5, 5.41) is 10.3. The zero-order valence-electron chi connectivity index (χ0n) is 19.3. The van der Waals surface area contributed by atoms with Gasteiger partial charge in [0.1, 0.15) is 17.2 Å². The number of carbonyl (C=O) groups excluding carboxylic acids is 2. The fraction of sp³-hybridized carbons (Fsp3) is 0.185. The van der Waals surface area contributed by atoms with Crippen molar-refractivity contribution in [3.8, 4) is 34.5 Å². The van der Waals surface area contributed by atoms with Gasteiger partial charge in [-0.1, -0.05) is 18.2 Å². The van der Waals surface area contributed by atoms with Crippen LogP contribution in [0.4, 0.5) is 0 Å². The van der Waals surface area contributed by atoms with Gasteiger partial charge in [0.15, 0.2) is 17.3 Å². The van der Waals surface area contributed by atoms with Gasteiger partial charge in [0.05, 0.1) is 33.3 Å². The van der Waals surface area contributed by atoms with Crippen molar-refractivity contribution < 1.29 is 38.4 Å². The van der Waals surface area contributed by atoms with Gasteiger partial charge in [-0.05, 0) is 42.0 Å². The minimum atomic E-state index is -0.525. The van der Waals surface area contributed by atoms with Crippen LogP contribution in [0.25, 0.3) is 6.08 Å². The van der Waals surface area contributed by atoms with Crippen molar-refractivity contribution in [3.63, 3.8) is 0 Å². The van der Waals surface area contributed by atoms with E-state index in [-0.39, 0.29) is 35.2 Å². The molecule has 2 heterocycles. The van der Waals surface area contributed by atoms with E-state index in [1.54, 1.807) is 43.5 Å². The molecule has 0 saturated heterocycles. The molecule has 3 aromatic rings. The van der Waals surface area contributed by atoms with Crippen LogP contribution >= 0.6 is 0 Å². The molecule has 0 spiro atoms. The number of benzene rings is 3. The predicted molar refractivity (Wildman–Crippen MR) is 126 cm³/mol. The van der Waals surface area contributed by atoms with Gasteiger partial charge in [-0.3, -0.25) is 9.59 Å². The highest BCUT2D eigenvalue weighted by Crippen LogP contribution is 2.51. The molecule has 0 aromatic heterocycles. The third-order valence-electron chi connectivity index (χ3n) is 6.11. The quantitative estimate of drug-likeness (QED) is 0.328. The second kappa shape index (κ2) is 8.72. The van der Waals surface area contributed by atoms with Gasteiger partial charge in [-0.2, -0.15) is 0 Å². The number of phenolic OH excluding ortho intramolecular Hbond substituents is 1. The SMILES string of the molecule is COc1ccccc1C=C1Oc2c(ccc3c2C(c2cc(OC)c(O)c(OC)c2)CC(=O)O3)C1=O. The van der Waals surface area contributed by atoms with E-state index < -0.39 is 11.9 Å². The van der Waals surface area contributed by atoms with Gasteiger partial charge in [0, 0.05) is 17.0 Å². The van der Waals surface area contributed by atoms with Crippen LogP contribution < -0.4 is 23.7 Å². The van der Waals surface area contributed by atoms with E-state index in [4.69, 9.17) is 23.7 Å². The van der Waals surface area contributed by atoms with Gasteiger partial charge in [0.25, 0.3) is 0 Å². The van der Waals surface area contributed by atoms with Crippen molar-refractivity contribution >= 4 is 17.8 Å². The Labute approximate surface area is 201 Å². The Morgan fingerprint density at radius 1 is 0.914 bits per heavy atom. The van der Waals surface area contributed by atoms with E-state index in [1.807, 2.05) is 18.2 Å². The number of aromatic hydroxyl groups is 1. The van der Waals surface area contributed by atoms with Gasteiger partial charge >= 0.3 is 5.97 Å². The molecule has 5 rings (SSSR count). The fourth-order valence-electron chi connectivity index (χ4n) is 4.43. The summed E-state index contributed by atoms with van der Waals surface area (Å²) >= 11 is 0. The molecule has 2 aliphatic heterocycles. The monoisotopic (exact) mass is 474 g/mol. The summed E-state index contributed by atoms with van der Waals surface area (Å²) < 4.78 is 27.6. The Hall–Kier alpha value is -4.46. The molecule has 8 heteroatoms. The minimum Gasteiger partial charge on any atom is -0.502 e.